The molecule has 0 saturated carbocycles. The van der Waals surface area contributed by atoms with E-state index in [1.165, 1.54) is 15.4 Å². The molecule has 0 aliphatic heterocycles. The van der Waals surface area contributed by atoms with Crippen molar-refractivity contribution in [2.75, 3.05) is 0 Å². The van der Waals surface area contributed by atoms with Crippen molar-refractivity contribution >= 4 is 11.8 Å². The number of benzene rings is 2. The van der Waals surface area contributed by atoms with Gasteiger partial charge in [-0.3, -0.25) is 0 Å². The third-order valence-corrected chi connectivity index (χ3v) is 3.63. The van der Waals surface area contributed by atoms with E-state index in [9.17, 15) is 0 Å². The molecule has 0 spiro atoms. The Balaban J connectivity index is 1.99. The summed E-state index contributed by atoms with van der Waals surface area (Å²) in [6, 6.07) is 18.3. The van der Waals surface area contributed by atoms with Gasteiger partial charge in [0.15, 0.2) is 0 Å². The van der Waals surface area contributed by atoms with Gasteiger partial charge in [-0.05, 0) is 35.6 Å². The minimum Gasteiger partial charge on any atom is -0.489 e. The van der Waals surface area contributed by atoms with Crippen LogP contribution in [0.1, 0.15) is 12.5 Å². The average molecular weight is 282 g/mol. The molecular weight excluding hydrogens is 264 g/mol. The van der Waals surface area contributed by atoms with Gasteiger partial charge in [0.25, 0.3) is 0 Å². The number of ether oxygens (including phenoxy) is 1. The topological polar surface area (TPSA) is 9.23 Å². The van der Waals surface area contributed by atoms with E-state index in [-0.39, 0.29) is 0 Å². The fourth-order valence-corrected chi connectivity index (χ4v) is 2.61. The van der Waals surface area contributed by atoms with E-state index in [0.717, 1.165) is 5.75 Å². The van der Waals surface area contributed by atoms with Crippen LogP contribution in [0.2, 0.25) is 0 Å². The lowest BCUT2D eigenvalue weighted by Gasteiger charge is -2.08. The average Bonchev–Trinajstić information content (AvgIpc) is 2.47. The number of hydrogen-bond donors (Lipinski definition) is 0. The highest BCUT2D eigenvalue weighted by atomic mass is 32.2. The summed E-state index contributed by atoms with van der Waals surface area (Å²) in [4.78, 5) is 2.38. The van der Waals surface area contributed by atoms with Crippen LogP contribution in [0.5, 0.6) is 5.75 Å². The van der Waals surface area contributed by atoms with Gasteiger partial charge in [0.2, 0.25) is 0 Å². The molecule has 2 aromatic rings. The van der Waals surface area contributed by atoms with Crippen molar-refractivity contribution in [1.82, 2.24) is 0 Å². The van der Waals surface area contributed by atoms with Crippen molar-refractivity contribution in [3.8, 4) is 5.75 Å². The Morgan fingerprint density at radius 3 is 2.70 bits per heavy atom. The Kier molecular flexibility index (Phi) is 5.51. The fourth-order valence-electron chi connectivity index (χ4n) is 1.75. The molecule has 102 valence electrons. The zero-order valence-electron chi connectivity index (χ0n) is 11.6. The predicted octanol–water partition coefficient (Wildman–Crippen LogP) is 5.45. The molecule has 2 heteroatoms. The van der Waals surface area contributed by atoms with Crippen molar-refractivity contribution < 1.29 is 4.74 Å². The number of hydrogen-bond acceptors (Lipinski definition) is 2. The van der Waals surface area contributed by atoms with Crippen LogP contribution in [-0.2, 0) is 6.61 Å². The van der Waals surface area contributed by atoms with Gasteiger partial charge < -0.3 is 4.74 Å². The highest BCUT2D eigenvalue weighted by Crippen LogP contribution is 2.29. The first-order valence-electron chi connectivity index (χ1n) is 6.52. The molecule has 1 nitrogen and oxygen atoms in total. The molecule has 0 aliphatic carbocycles. The van der Waals surface area contributed by atoms with Crippen LogP contribution in [0, 0.1) is 0 Å². The summed E-state index contributed by atoms with van der Waals surface area (Å²) in [7, 11) is 0. The minimum absolute atomic E-state index is 0.594. The minimum atomic E-state index is 0.594. The Bertz CT molecular complexity index is 587. The van der Waals surface area contributed by atoms with Crippen molar-refractivity contribution in [3.05, 3.63) is 83.8 Å². The first-order chi connectivity index (χ1) is 9.78. The zero-order valence-corrected chi connectivity index (χ0v) is 12.4. The van der Waals surface area contributed by atoms with Crippen molar-refractivity contribution in [1.29, 1.82) is 0 Å². The molecule has 0 heterocycles. The summed E-state index contributed by atoms with van der Waals surface area (Å²) in [5.41, 5.74) is 1.17. The standard InChI is InChI=1S/C18H18OS/c1-3-8-15(2)20-18-12-7-11-17(13-18)19-14-16-9-5-4-6-10-16/h3-13H,1,14H2,2H3/b15-8+. The van der Waals surface area contributed by atoms with Gasteiger partial charge in [-0.15, -0.1) is 0 Å². The molecule has 0 unspecified atom stereocenters. The van der Waals surface area contributed by atoms with Crippen molar-refractivity contribution in [3.63, 3.8) is 0 Å². The van der Waals surface area contributed by atoms with Crippen molar-refractivity contribution in [2.24, 2.45) is 0 Å². The van der Waals surface area contributed by atoms with Crippen LogP contribution in [0.4, 0.5) is 0 Å². The fraction of sp³-hybridized carbons (Fsp3) is 0.111. The maximum Gasteiger partial charge on any atom is 0.120 e. The van der Waals surface area contributed by atoms with Crippen LogP contribution in [-0.4, -0.2) is 0 Å². The molecule has 2 rings (SSSR count). The molecule has 0 radical (unpaired) electrons. The Morgan fingerprint density at radius 1 is 1.15 bits per heavy atom. The Labute approximate surface area is 125 Å². The molecule has 0 fully saturated rings. The number of thioether (sulfide) groups is 1. The molecule has 0 bridgehead atoms. The summed E-state index contributed by atoms with van der Waals surface area (Å²) >= 11 is 1.71. The SMILES string of the molecule is C=C/C=C(\C)Sc1cccc(OCc2ccccc2)c1. The van der Waals surface area contributed by atoms with Crippen LogP contribution >= 0.6 is 11.8 Å². The quantitative estimate of drug-likeness (QED) is 0.515. The van der Waals surface area contributed by atoms with Gasteiger partial charge in [0.05, 0.1) is 0 Å². The molecule has 0 amide bonds. The third-order valence-electron chi connectivity index (χ3n) is 2.69. The maximum absolute atomic E-state index is 5.82. The summed E-state index contributed by atoms with van der Waals surface area (Å²) in [6.45, 7) is 6.38. The van der Waals surface area contributed by atoms with E-state index in [2.05, 4.69) is 37.8 Å². The molecular formula is C18H18OS. The van der Waals surface area contributed by atoms with Gasteiger partial charge in [-0.25, -0.2) is 0 Å². The molecule has 20 heavy (non-hydrogen) atoms. The second-order valence-corrected chi connectivity index (χ2v) is 5.68. The Hall–Kier alpha value is -1.93. The van der Waals surface area contributed by atoms with E-state index in [0.29, 0.717) is 6.61 Å². The van der Waals surface area contributed by atoms with Gasteiger partial charge >= 0.3 is 0 Å². The molecule has 0 aromatic heterocycles. The lowest BCUT2D eigenvalue weighted by molar-refractivity contribution is 0.305. The third kappa shape index (κ3) is 4.63. The summed E-state index contributed by atoms with van der Waals surface area (Å²) in [5, 5.41) is 0. The molecule has 0 N–H and O–H groups in total. The molecule has 0 atom stereocenters. The summed E-state index contributed by atoms with van der Waals surface area (Å²) in [5.74, 6) is 0.894. The predicted molar refractivity (Wildman–Crippen MR) is 87.0 cm³/mol. The van der Waals surface area contributed by atoms with E-state index < -0.39 is 0 Å². The summed E-state index contributed by atoms with van der Waals surface area (Å²) < 4.78 is 5.82. The lowest BCUT2D eigenvalue weighted by atomic mass is 10.2. The molecule has 0 aliphatic rings. The number of rotatable bonds is 6. The Morgan fingerprint density at radius 2 is 1.95 bits per heavy atom. The highest BCUT2D eigenvalue weighted by Gasteiger charge is 1.99. The van der Waals surface area contributed by atoms with Gasteiger partial charge in [-0.2, -0.15) is 0 Å². The van der Waals surface area contributed by atoms with Gasteiger partial charge in [-0.1, -0.05) is 66.9 Å². The molecule has 0 saturated heterocycles. The smallest absolute Gasteiger partial charge is 0.120 e. The van der Waals surface area contributed by atoms with Crippen LogP contribution in [0.15, 0.2) is 83.1 Å². The van der Waals surface area contributed by atoms with Gasteiger partial charge in [0.1, 0.15) is 12.4 Å². The second-order valence-electron chi connectivity index (χ2n) is 4.36. The highest BCUT2D eigenvalue weighted by molar-refractivity contribution is 8.03. The monoisotopic (exact) mass is 282 g/mol. The largest absolute Gasteiger partial charge is 0.489 e. The maximum atomic E-state index is 5.82. The van der Waals surface area contributed by atoms with Crippen LogP contribution < -0.4 is 4.74 Å². The first-order valence-corrected chi connectivity index (χ1v) is 7.33. The van der Waals surface area contributed by atoms with E-state index in [1.807, 2.05) is 36.4 Å². The molecule has 2 aromatic carbocycles. The summed E-state index contributed by atoms with van der Waals surface area (Å²) in [6.07, 6.45) is 3.81. The van der Waals surface area contributed by atoms with E-state index >= 15 is 0 Å². The van der Waals surface area contributed by atoms with Crippen LogP contribution in [0.3, 0.4) is 0 Å². The first kappa shape index (κ1) is 14.5. The van der Waals surface area contributed by atoms with Crippen molar-refractivity contribution in [2.45, 2.75) is 18.4 Å². The van der Waals surface area contributed by atoms with E-state index in [1.54, 1.807) is 17.8 Å². The number of allylic oxidation sites excluding steroid dienone is 3. The van der Waals surface area contributed by atoms with Crippen LogP contribution in [0.25, 0.3) is 0 Å². The second kappa shape index (κ2) is 7.61. The lowest BCUT2D eigenvalue weighted by Crippen LogP contribution is -1.94. The van der Waals surface area contributed by atoms with E-state index in [4.69, 9.17) is 4.74 Å². The zero-order chi connectivity index (χ0) is 14.2. The normalized spacial score (nSPS) is 11.2. The van der Waals surface area contributed by atoms with Gasteiger partial charge in [0, 0.05) is 4.90 Å².